The Bertz CT molecular complexity index is 351. The summed E-state index contributed by atoms with van der Waals surface area (Å²) in [5, 5.41) is 0. The standard InChI is InChI=1S/C22H42N2O/c1-2-3-20-25-21-16-14-12-10-8-6-4-5-7-9-11-13-15-18-24-19-17-23-22-24/h17,19,22H,2-16,18,20-21H2,1H3. The molecule has 3 heteroatoms. The van der Waals surface area contributed by atoms with Crippen LogP contribution < -0.4 is 0 Å². The third kappa shape index (κ3) is 15.2. The van der Waals surface area contributed by atoms with E-state index in [0.717, 1.165) is 19.8 Å². The molecule has 1 aromatic heterocycles. The van der Waals surface area contributed by atoms with Crippen molar-refractivity contribution >= 4 is 0 Å². The lowest BCUT2D eigenvalue weighted by Gasteiger charge is -2.04. The molecular formula is C22H42N2O. The Morgan fingerprint density at radius 1 is 0.680 bits per heavy atom. The summed E-state index contributed by atoms with van der Waals surface area (Å²) >= 11 is 0. The maximum absolute atomic E-state index is 5.60. The number of imidazole rings is 1. The smallest absolute Gasteiger partial charge is 0.0945 e. The van der Waals surface area contributed by atoms with Crippen molar-refractivity contribution in [2.75, 3.05) is 13.2 Å². The molecule has 0 aromatic carbocycles. The number of aromatic nitrogens is 2. The third-order valence-corrected chi connectivity index (χ3v) is 4.91. The minimum Gasteiger partial charge on any atom is -0.381 e. The zero-order valence-electron chi connectivity index (χ0n) is 16.8. The van der Waals surface area contributed by atoms with E-state index < -0.39 is 0 Å². The molecule has 1 aromatic rings. The molecule has 0 N–H and O–H groups in total. The lowest BCUT2D eigenvalue weighted by molar-refractivity contribution is 0.127. The number of rotatable bonds is 19. The first-order valence-corrected chi connectivity index (χ1v) is 11.0. The van der Waals surface area contributed by atoms with Crippen molar-refractivity contribution in [2.24, 2.45) is 0 Å². The van der Waals surface area contributed by atoms with Gasteiger partial charge in [0, 0.05) is 32.2 Å². The van der Waals surface area contributed by atoms with Gasteiger partial charge in [0.15, 0.2) is 0 Å². The van der Waals surface area contributed by atoms with E-state index in [2.05, 4.69) is 22.7 Å². The maximum Gasteiger partial charge on any atom is 0.0945 e. The molecule has 3 nitrogen and oxygen atoms in total. The van der Waals surface area contributed by atoms with E-state index >= 15 is 0 Å². The summed E-state index contributed by atoms with van der Waals surface area (Å²) in [6.07, 6.45) is 26.4. The zero-order valence-corrected chi connectivity index (χ0v) is 16.8. The number of nitrogens with zero attached hydrogens (tertiary/aromatic N) is 2. The van der Waals surface area contributed by atoms with Gasteiger partial charge >= 0.3 is 0 Å². The second kappa shape index (κ2) is 18.0. The van der Waals surface area contributed by atoms with E-state index in [1.54, 1.807) is 0 Å². The molecule has 146 valence electrons. The second-order valence-electron chi connectivity index (χ2n) is 7.36. The highest BCUT2D eigenvalue weighted by Gasteiger charge is 1.95. The van der Waals surface area contributed by atoms with Crippen molar-refractivity contribution in [3.63, 3.8) is 0 Å². The van der Waals surface area contributed by atoms with Crippen LogP contribution in [0.5, 0.6) is 0 Å². The van der Waals surface area contributed by atoms with E-state index in [9.17, 15) is 0 Å². The lowest BCUT2D eigenvalue weighted by atomic mass is 10.0. The van der Waals surface area contributed by atoms with Gasteiger partial charge in [0.25, 0.3) is 0 Å². The van der Waals surface area contributed by atoms with Gasteiger partial charge in [0.1, 0.15) is 0 Å². The summed E-state index contributed by atoms with van der Waals surface area (Å²) in [6, 6.07) is 0. The highest BCUT2D eigenvalue weighted by Crippen LogP contribution is 2.12. The van der Waals surface area contributed by atoms with Crippen molar-refractivity contribution in [1.29, 1.82) is 0 Å². The van der Waals surface area contributed by atoms with E-state index in [0.29, 0.717) is 0 Å². The minimum absolute atomic E-state index is 0.959. The second-order valence-corrected chi connectivity index (χ2v) is 7.36. The van der Waals surface area contributed by atoms with Crippen LogP contribution in [-0.4, -0.2) is 22.8 Å². The van der Waals surface area contributed by atoms with Crippen molar-refractivity contribution in [2.45, 2.75) is 110 Å². The predicted octanol–water partition coefficient (Wildman–Crippen LogP) is 6.77. The van der Waals surface area contributed by atoms with Gasteiger partial charge in [0.2, 0.25) is 0 Å². The summed E-state index contributed by atoms with van der Waals surface area (Å²) in [6.45, 7) is 5.28. The number of ether oxygens (including phenoxy) is 1. The maximum atomic E-state index is 5.60. The fraction of sp³-hybridized carbons (Fsp3) is 0.864. The molecular weight excluding hydrogens is 308 g/mol. The van der Waals surface area contributed by atoms with E-state index in [1.165, 1.54) is 96.3 Å². The first-order chi connectivity index (χ1) is 12.4. The van der Waals surface area contributed by atoms with Gasteiger partial charge in [0.05, 0.1) is 6.33 Å². The quantitative estimate of drug-likeness (QED) is 0.257. The summed E-state index contributed by atoms with van der Waals surface area (Å²) in [5.74, 6) is 0. The third-order valence-electron chi connectivity index (χ3n) is 4.91. The van der Waals surface area contributed by atoms with Crippen molar-refractivity contribution in [3.8, 4) is 0 Å². The van der Waals surface area contributed by atoms with Gasteiger partial charge in [-0.1, -0.05) is 84.0 Å². The average molecular weight is 351 g/mol. The molecule has 0 saturated heterocycles. The van der Waals surface area contributed by atoms with E-state index in [4.69, 9.17) is 4.74 Å². The van der Waals surface area contributed by atoms with Crippen molar-refractivity contribution < 1.29 is 4.74 Å². The Labute approximate surface area is 156 Å². The van der Waals surface area contributed by atoms with Gasteiger partial charge in [-0.15, -0.1) is 0 Å². The van der Waals surface area contributed by atoms with E-state index in [-0.39, 0.29) is 0 Å². The molecule has 0 aliphatic rings. The van der Waals surface area contributed by atoms with Gasteiger partial charge in [-0.3, -0.25) is 0 Å². The van der Waals surface area contributed by atoms with Crippen LogP contribution in [0.1, 0.15) is 103 Å². The molecule has 0 aliphatic carbocycles. The number of hydrogen-bond acceptors (Lipinski definition) is 2. The summed E-state index contributed by atoms with van der Waals surface area (Å²) in [7, 11) is 0. The largest absolute Gasteiger partial charge is 0.381 e. The van der Waals surface area contributed by atoms with Crippen molar-refractivity contribution in [3.05, 3.63) is 18.7 Å². The van der Waals surface area contributed by atoms with Gasteiger partial charge in [-0.2, -0.15) is 0 Å². The molecule has 0 bridgehead atoms. The summed E-state index contributed by atoms with van der Waals surface area (Å²) in [4.78, 5) is 4.08. The van der Waals surface area contributed by atoms with E-state index in [1.807, 2.05) is 12.5 Å². The SMILES string of the molecule is CCCCOCCCCCCCCCCCCCCCn1ccnc1. The molecule has 0 radical (unpaired) electrons. The predicted molar refractivity (Wildman–Crippen MR) is 108 cm³/mol. The molecule has 1 rings (SSSR count). The van der Waals surface area contributed by atoms with Gasteiger partial charge in [-0.25, -0.2) is 4.98 Å². The molecule has 0 atom stereocenters. The monoisotopic (exact) mass is 350 g/mol. The molecule has 0 aliphatic heterocycles. The van der Waals surface area contributed by atoms with Crippen LogP contribution >= 0.6 is 0 Å². The first-order valence-electron chi connectivity index (χ1n) is 11.0. The Balaban J connectivity index is 1.65. The number of hydrogen-bond donors (Lipinski definition) is 0. The lowest BCUT2D eigenvalue weighted by Crippen LogP contribution is -1.96. The molecule has 1 heterocycles. The number of aryl methyl sites for hydroxylation is 1. The van der Waals surface area contributed by atoms with Gasteiger partial charge < -0.3 is 9.30 Å². The van der Waals surface area contributed by atoms with Crippen LogP contribution in [0.3, 0.4) is 0 Å². The van der Waals surface area contributed by atoms with Crippen LogP contribution in [0.4, 0.5) is 0 Å². The number of unbranched alkanes of at least 4 members (excludes halogenated alkanes) is 13. The fourth-order valence-corrected chi connectivity index (χ4v) is 3.21. The van der Waals surface area contributed by atoms with Crippen molar-refractivity contribution in [1.82, 2.24) is 9.55 Å². The molecule has 0 amide bonds. The normalized spacial score (nSPS) is 11.2. The Hall–Kier alpha value is -0.830. The fourth-order valence-electron chi connectivity index (χ4n) is 3.21. The first kappa shape index (κ1) is 22.2. The van der Waals surface area contributed by atoms with Crippen LogP contribution in [-0.2, 0) is 11.3 Å². The van der Waals surface area contributed by atoms with Crippen LogP contribution in [0.15, 0.2) is 18.7 Å². The van der Waals surface area contributed by atoms with Gasteiger partial charge in [-0.05, 0) is 19.3 Å². The van der Waals surface area contributed by atoms with Crippen LogP contribution in [0.25, 0.3) is 0 Å². The molecule has 0 saturated carbocycles. The Morgan fingerprint density at radius 3 is 1.72 bits per heavy atom. The Morgan fingerprint density at radius 2 is 1.20 bits per heavy atom. The molecule has 0 unspecified atom stereocenters. The highest BCUT2D eigenvalue weighted by molar-refractivity contribution is 4.73. The molecule has 25 heavy (non-hydrogen) atoms. The van der Waals surface area contributed by atoms with Crippen LogP contribution in [0, 0.1) is 0 Å². The molecule has 0 fully saturated rings. The average Bonchev–Trinajstić information content (AvgIpc) is 3.14. The summed E-state index contributed by atoms with van der Waals surface area (Å²) < 4.78 is 7.78. The highest BCUT2D eigenvalue weighted by atomic mass is 16.5. The minimum atomic E-state index is 0.959. The van der Waals surface area contributed by atoms with Crippen LogP contribution in [0.2, 0.25) is 0 Å². The molecule has 0 spiro atoms. The zero-order chi connectivity index (χ0) is 17.8. The summed E-state index contributed by atoms with van der Waals surface area (Å²) in [5.41, 5.74) is 0. The topological polar surface area (TPSA) is 27.1 Å². The Kier molecular flexibility index (Phi) is 16.0.